The quantitative estimate of drug-likeness (QED) is 0.259. The summed E-state index contributed by atoms with van der Waals surface area (Å²) in [6, 6.07) is 22.9. The lowest BCUT2D eigenvalue weighted by Gasteiger charge is -2.14. The highest BCUT2D eigenvalue weighted by atomic mass is 35.5. The van der Waals surface area contributed by atoms with Gasteiger partial charge in [-0.3, -0.25) is 4.98 Å². The average Bonchev–Trinajstić information content (AvgIpc) is 2.85. The first-order valence-corrected chi connectivity index (χ1v) is 11.3. The lowest BCUT2D eigenvalue weighted by atomic mass is 9.99. The number of ether oxygens (including phenoxy) is 3. The van der Waals surface area contributed by atoms with Crippen molar-refractivity contribution in [1.29, 1.82) is 0 Å². The fourth-order valence-electron chi connectivity index (χ4n) is 3.46. The second-order valence-corrected chi connectivity index (χ2v) is 8.07. The molecule has 33 heavy (non-hydrogen) atoms. The maximum atomic E-state index is 6.55. The summed E-state index contributed by atoms with van der Waals surface area (Å²) in [6.07, 6.45) is 1.76. The molecule has 0 N–H and O–H groups in total. The zero-order valence-electron chi connectivity index (χ0n) is 18.3. The maximum absolute atomic E-state index is 6.55. The summed E-state index contributed by atoms with van der Waals surface area (Å²) in [5.41, 5.74) is 4.40. The summed E-state index contributed by atoms with van der Waals surface area (Å²) in [4.78, 5) is 4.64. The summed E-state index contributed by atoms with van der Waals surface area (Å²) < 4.78 is 16.9. The molecule has 0 aliphatic heterocycles. The van der Waals surface area contributed by atoms with Crippen molar-refractivity contribution in [3.63, 3.8) is 0 Å². The lowest BCUT2D eigenvalue weighted by molar-refractivity contribution is 0.306. The predicted molar refractivity (Wildman–Crippen MR) is 134 cm³/mol. The molecule has 4 rings (SSSR count). The van der Waals surface area contributed by atoms with Crippen LogP contribution in [0.25, 0.3) is 22.4 Å². The topological polar surface area (TPSA) is 40.6 Å². The van der Waals surface area contributed by atoms with Crippen molar-refractivity contribution in [3.05, 3.63) is 94.6 Å². The van der Waals surface area contributed by atoms with Crippen molar-refractivity contribution in [1.82, 2.24) is 4.98 Å². The van der Waals surface area contributed by atoms with Crippen LogP contribution in [-0.2, 0) is 6.61 Å². The van der Waals surface area contributed by atoms with E-state index in [-0.39, 0.29) is 0 Å². The van der Waals surface area contributed by atoms with Gasteiger partial charge in [0.1, 0.15) is 23.9 Å². The Bertz CT molecular complexity index is 1240. The molecule has 0 fully saturated rings. The number of rotatable bonds is 8. The van der Waals surface area contributed by atoms with Crippen LogP contribution in [0.3, 0.4) is 0 Å². The number of aromatic nitrogens is 1. The van der Waals surface area contributed by atoms with Crippen LogP contribution in [0.2, 0.25) is 10.0 Å². The Hall–Kier alpha value is -3.21. The molecule has 3 aromatic carbocycles. The first kappa shape index (κ1) is 23.0. The molecule has 0 saturated carbocycles. The van der Waals surface area contributed by atoms with Crippen molar-refractivity contribution < 1.29 is 14.2 Å². The number of nitrogens with zero attached hydrogens (tertiary/aromatic N) is 1. The van der Waals surface area contributed by atoms with E-state index in [9.17, 15) is 0 Å². The summed E-state index contributed by atoms with van der Waals surface area (Å²) >= 11 is 13.0. The molecule has 1 aromatic heterocycles. The number of methoxy groups -OCH3 is 1. The van der Waals surface area contributed by atoms with Gasteiger partial charge >= 0.3 is 0 Å². The Morgan fingerprint density at radius 2 is 1.55 bits per heavy atom. The minimum atomic E-state index is 0.379. The zero-order chi connectivity index (χ0) is 23.2. The normalized spacial score (nSPS) is 10.7. The number of pyridine rings is 1. The van der Waals surface area contributed by atoms with Gasteiger partial charge in [0.2, 0.25) is 0 Å². The first-order valence-electron chi connectivity index (χ1n) is 10.5. The third-order valence-corrected chi connectivity index (χ3v) is 5.75. The molecule has 0 aliphatic carbocycles. The van der Waals surface area contributed by atoms with Crippen LogP contribution in [0, 0.1) is 0 Å². The van der Waals surface area contributed by atoms with Crippen molar-refractivity contribution in [2.45, 2.75) is 13.5 Å². The van der Waals surface area contributed by atoms with Gasteiger partial charge in [0.05, 0.1) is 24.4 Å². The molecule has 0 saturated heterocycles. The second-order valence-electron chi connectivity index (χ2n) is 7.26. The third-order valence-electron chi connectivity index (χ3n) is 5.10. The van der Waals surface area contributed by atoms with Crippen LogP contribution >= 0.6 is 23.2 Å². The molecule has 6 heteroatoms. The van der Waals surface area contributed by atoms with Gasteiger partial charge in [-0.05, 0) is 61.0 Å². The monoisotopic (exact) mass is 479 g/mol. The largest absolute Gasteiger partial charge is 0.497 e. The number of hydrogen-bond acceptors (Lipinski definition) is 4. The SMILES string of the molecule is CCOc1ccc(Cl)c(-c2cccnc2-c2ccc(Cl)c(OCc3ccc(OC)cc3)c2)c1. The van der Waals surface area contributed by atoms with E-state index < -0.39 is 0 Å². The Morgan fingerprint density at radius 1 is 0.788 bits per heavy atom. The van der Waals surface area contributed by atoms with Crippen LogP contribution in [0.5, 0.6) is 17.2 Å². The Kier molecular flexibility index (Phi) is 7.38. The van der Waals surface area contributed by atoms with E-state index in [1.54, 1.807) is 13.3 Å². The Morgan fingerprint density at radius 3 is 2.30 bits per heavy atom. The number of halogens is 2. The molecule has 168 valence electrons. The predicted octanol–water partition coefficient (Wildman–Crippen LogP) is 7.71. The minimum Gasteiger partial charge on any atom is -0.497 e. The zero-order valence-corrected chi connectivity index (χ0v) is 19.9. The molecular weight excluding hydrogens is 457 g/mol. The minimum absolute atomic E-state index is 0.379. The molecule has 0 atom stereocenters. The van der Waals surface area contributed by atoms with Crippen LogP contribution in [0.15, 0.2) is 79.0 Å². The maximum Gasteiger partial charge on any atom is 0.139 e. The van der Waals surface area contributed by atoms with E-state index in [1.165, 1.54) is 0 Å². The van der Waals surface area contributed by atoms with Gasteiger partial charge in [0.15, 0.2) is 0 Å². The van der Waals surface area contributed by atoms with Crippen LogP contribution in [0.4, 0.5) is 0 Å². The van der Waals surface area contributed by atoms with E-state index in [4.69, 9.17) is 37.4 Å². The van der Waals surface area contributed by atoms with Gasteiger partial charge in [-0.25, -0.2) is 0 Å². The van der Waals surface area contributed by atoms with Crippen LogP contribution < -0.4 is 14.2 Å². The van der Waals surface area contributed by atoms with Gasteiger partial charge in [-0.2, -0.15) is 0 Å². The fraction of sp³-hybridized carbons (Fsp3) is 0.148. The number of benzene rings is 3. The molecule has 0 spiro atoms. The molecule has 0 aliphatic rings. The van der Waals surface area contributed by atoms with Crippen molar-refractivity contribution in [3.8, 4) is 39.6 Å². The molecule has 4 nitrogen and oxygen atoms in total. The molecule has 0 radical (unpaired) electrons. The molecular formula is C27H23Cl2NO3. The first-order chi connectivity index (χ1) is 16.1. The van der Waals surface area contributed by atoms with Gasteiger partial charge in [0, 0.05) is 27.9 Å². The van der Waals surface area contributed by atoms with Gasteiger partial charge < -0.3 is 14.2 Å². The summed E-state index contributed by atoms with van der Waals surface area (Å²) in [6.45, 7) is 2.91. The van der Waals surface area contributed by atoms with Gasteiger partial charge in [0.25, 0.3) is 0 Å². The molecule has 4 aromatic rings. The highest BCUT2D eigenvalue weighted by Gasteiger charge is 2.15. The second kappa shape index (κ2) is 10.6. The van der Waals surface area contributed by atoms with Gasteiger partial charge in [-0.15, -0.1) is 0 Å². The van der Waals surface area contributed by atoms with Crippen molar-refractivity contribution >= 4 is 23.2 Å². The standard InChI is InChI=1S/C27H23Cl2NO3/c1-3-32-21-11-13-24(28)23(16-21)22-5-4-14-30-27(22)19-8-12-25(29)26(15-19)33-17-18-6-9-20(31-2)10-7-18/h4-16H,3,17H2,1-2H3. The third kappa shape index (κ3) is 5.41. The van der Waals surface area contributed by atoms with Gasteiger partial charge in [-0.1, -0.05) is 47.5 Å². The molecule has 0 bridgehead atoms. The highest BCUT2D eigenvalue weighted by Crippen LogP contribution is 2.39. The molecule has 0 amide bonds. The van der Waals surface area contributed by atoms with E-state index >= 15 is 0 Å². The molecule has 1 heterocycles. The Labute approximate surface area is 203 Å². The summed E-state index contributed by atoms with van der Waals surface area (Å²) in [7, 11) is 1.64. The van der Waals surface area contributed by atoms with Crippen LogP contribution in [0.1, 0.15) is 12.5 Å². The van der Waals surface area contributed by atoms with E-state index in [0.717, 1.165) is 39.4 Å². The molecule has 0 unspecified atom stereocenters. The van der Waals surface area contributed by atoms with Crippen molar-refractivity contribution in [2.24, 2.45) is 0 Å². The van der Waals surface area contributed by atoms with E-state index in [1.807, 2.05) is 79.7 Å². The van der Waals surface area contributed by atoms with Crippen LogP contribution in [-0.4, -0.2) is 18.7 Å². The summed E-state index contributed by atoms with van der Waals surface area (Å²) in [5, 5.41) is 1.15. The summed E-state index contributed by atoms with van der Waals surface area (Å²) in [5.74, 6) is 2.13. The Balaban J connectivity index is 1.66. The number of hydrogen-bond donors (Lipinski definition) is 0. The fourth-order valence-corrected chi connectivity index (χ4v) is 3.86. The van der Waals surface area contributed by atoms with Crippen molar-refractivity contribution in [2.75, 3.05) is 13.7 Å². The smallest absolute Gasteiger partial charge is 0.139 e. The lowest BCUT2D eigenvalue weighted by Crippen LogP contribution is -1.97. The van der Waals surface area contributed by atoms with E-state index in [2.05, 4.69) is 4.98 Å². The highest BCUT2D eigenvalue weighted by molar-refractivity contribution is 6.33. The average molecular weight is 480 g/mol. The van der Waals surface area contributed by atoms with E-state index in [0.29, 0.717) is 29.0 Å².